The molecule has 0 amide bonds. The molecule has 1 aliphatic carbocycles. The Kier molecular flexibility index (Phi) is 4.40. The second-order valence-electron chi connectivity index (χ2n) is 6.63. The number of hydrogen-bond acceptors (Lipinski definition) is 3. The molecule has 112 valence electrons. The van der Waals surface area contributed by atoms with Crippen LogP contribution in [-0.4, -0.2) is 30.0 Å². The van der Waals surface area contributed by atoms with E-state index in [0.717, 1.165) is 5.75 Å². The number of ether oxygens (including phenoxy) is 2. The summed E-state index contributed by atoms with van der Waals surface area (Å²) in [4.78, 5) is 0. The van der Waals surface area contributed by atoms with E-state index in [0.29, 0.717) is 13.0 Å². The molecule has 3 atom stereocenters. The van der Waals surface area contributed by atoms with Crippen LogP contribution in [0.1, 0.15) is 45.2 Å². The van der Waals surface area contributed by atoms with Crippen molar-refractivity contribution < 1.29 is 14.6 Å². The Hall–Kier alpha value is -1.06. The van der Waals surface area contributed by atoms with Crippen LogP contribution in [0.3, 0.4) is 0 Å². The molecule has 20 heavy (non-hydrogen) atoms. The maximum absolute atomic E-state index is 9.76. The summed E-state index contributed by atoms with van der Waals surface area (Å²) in [6, 6.07) is 6.28. The number of hydrogen-bond donors (Lipinski definition) is 1. The highest BCUT2D eigenvalue weighted by Crippen LogP contribution is 2.36. The summed E-state index contributed by atoms with van der Waals surface area (Å²) in [5.41, 5.74) is 2.47. The van der Waals surface area contributed by atoms with Gasteiger partial charge < -0.3 is 14.6 Å². The zero-order chi connectivity index (χ0) is 14.9. The molecule has 2 rings (SSSR count). The quantitative estimate of drug-likeness (QED) is 0.919. The van der Waals surface area contributed by atoms with Crippen LogP contribution >= 0.6 is 0 Å². The lowest BCUT2D eigenvalue weighted by molar-refractivity contribution is -0.160. The van der Waals surface area contributed by atoms with Crippen molar-refractivity contribution in [3.8, 4) is 5.75 Å². The summed E-state index contributed by atoms with van der Waals surface area (Å²) in [5.74, 6) is 0.907. The Balaban J connectivity index is 2.18. The van der Waals surface area contributed by atoms with Crippen LogP contribution in [0.4, 0.5) is 0 Å². The van der Waals surface area contributed by atoms with Gasteiger partial charge in [-0.25, -0.2) is 0 Å². The lowest BCUT2D eigenvalue weighted by Crippen LogP contribution is -2.55. The van der Waals surface area contributed by atoms with Crippen LogP contribution in [0.25, 0.3) is 0 Å². The molecule has 0 heterocycles. The van der Waals surface area contributed by atoms with Gasteiger partial charge in [-0.3, -0.25) is 0 Å². The van der Waals surface area contributed by atoms with E-state index in [1.807, 2.05) is 13.0 Å². The summed E-state index contributed by atoms with van der Waals surface area (Å²) in [7, 11) is 0. The number of aryl methyl sites for hydroxylation is 1. The molecule has 1 saturated carbocycles. The third kappa shape index (κ3) is 3.15. The predicted octanol–water partition coefficient (Wildman–Crippen LogP) is 3.21. The van der Waals surface area contributed by atoms with E-state index in [1.54, 1.807) is 0 Å². The van der Waals surface area contributed by atoms with Crippen molar-refractivity contribution in [1.29, 1.82) is 0 Å². The normalized spacial score (nSPS) is 26.2. The summed E-state index contributed by atoms with van der Waals surface area (Å²) in [6.45, 7) is 11.2. The third-order valence-electron chi connectivity index (χ3n) is 3.80. The zero-order valence-corrected chi connectivity index (χ0v) is 13.1. The van der Waals surface area contributed by atoms with Gasteiger partial charge in [0, 0.05) is 13.0 Å². The molecule has 0 saturated heterocycles. The average molecular weight is 278 g/mol. The standard InChI is InChI=1S/C17H26O3/c1-6-19-16-13(18)10-15(16)20-14-8-7-11(2)9-12(14)17(3,4)5/h7-9,13,15-16,18H,6,10H2,1-5H3. The van der Waals surface area contributed by atoms with Gasteiger partial charge in [0.15, 0.2) is 0 Å². The Morgan fingerprint density at radius 1 is 1.30 bits per heavy atom. The molecule has 0 aromatic heterocycles. The Morgan fingerprint density at radius 3 is 2.55 bits per heavy atom. The van der Waals surface area contributed by atoms with Gasteiger partial charge in [-0.2, -0.15) is 0 Å². The van der Waals surface area contributed by atoms with Gasteiger partial charge in [-0.1, -0.05) is 38.5 Å². The SMILES string of the molecule is CCOC1C(O)CC1Oc1ccc(C)cc1C(C)(C)C. The monoisotopic (exact) mass is 278 g/mol. The fourth-order valence-corrected chi connectivity index (χ4v) is 2.58. The number of aliphatic hydroxyl groups is 1. The smallest absolute Gasteiger partial charge is 0.130 e. The molecule has 0 spiro atoms. The summed E-state index contributed by atoms with van der Waals surface area (Å²) in [6.07, 6.45) is -0.00589. The van der Waals surface area contributed by atoms with E-state index >= 15 is 0 Å². The van der Waals surface area contributed by atoms with Gasteiger partial charge in [-0.05, 0) is 30.9 Å². The predicted molar refractivity (Wildman–Crippen MR) is 80.3 cm³/mol. The van der Waals surface area contributed by atoms with E-state index in [1.165, 1.54) is 11.1 Å². The van der Waals surface area contributed by atoms with Crippen LogP contribution in [0.5, 0.6) is 5.75 Å². The number of benzene rings is 1. The van der Waals surface area contributed by atoms with Gasteiger partial charge in [0.25, 0.3) is 0 Å². The van der Waals surface area contributed by atoms with Crippen LogP contribution < -0.4 is 4.74 Å². The van der Waals surface area contributed by atoms with Gasteiger partial charge in [0.1, 0.15) is 18.0 Å². The molecule has 1 fully saturated rings. The molecule has 3 unspecified atom stereocenters. The van der Waals surface area contributed by atoms with Crippen molar-refractivity contribution in [2.24, 2.45) is 0 Å². The minimum atomic E-state index is -0.400. The molecule has 0 bridgehead atoms. The second kappa shape index (κ2) is 5.74. The van der Waals surface area contributed by atoms with E-state index in [9.17, 15) is 5.11 Å². The maximum atomic E-state index is 9.76. The van der Waals surface area contributed by atoms with Gasteiger partial charge >= 0.3 is 0 Å². The fraction of sp³-hybridized carbons (Fsp3) is 0.647. The van der Waals surface area contributed by atoms with E-state index < -0.39 is 6.10 Å². The molecule has 1 aromatic carbocycles. The Morgan fingerprint density at radius 2 is 2.00 bits per heavy atom. The van der Waals surface area contributed by atoms with Gasteiger partial charge in [0.2, 0.25) is 0 Å². The summed E-state index contributed by atoms with van der Waals surface area (Å²) in [5, 5.41) is 9.76. The maximum Gasteiger partial charge on any atom is 0.130 e. The van der Waals surface area contributed by atoms with Crippen molar-refractivity contribution in [2.75, 3.05) is 6.61 Å². The number of aliphatic hydroxyl groups excluding tert-OH is 1. The molecule has 1 aliphatic rings. The fourth-order valence-electron chi connectivity index (χ4n) is 2.58. The molecule has 3 heteroatoms. The van der Waals surface area contributed by atoms with Crippen LogP contribution in [0, 0.1) is 6.92 Å². The van der Waals surface area contributed by atoms with Crippen LogP contribution in [0.15, 0.2) is 18.2 Å². The van der Waals surface area contributed by atoms with Crippen molar-refractivity contribution in [3.63, 3.8) is 0 Å². The largest absolute Gasteiger partial charge is 0.487 e. The Bertz CT molecular complexity index is 462. The van der Waals surface area contributed by atoms with Gasteiger partial charge in [-0.15, -0.1) is 0 Å². The highest BCUT2D eigenvalue weighted by atomic mass is 16.6. The minimum absolute atomic E-state index is 0.0326. The third-order valence-corrected chi connectivity index (χ3v) is 3.80. The summed E-state index contributed by atoms with van der Waals surface area (Å²) >= 11 is 0. The highest BCUT2D eigenvalue weighted by molar-refractivity contribution is 5.41. The summed E-state index contributed by atoms with van der Waals surface area (Å²) < 4.78 is 11.7. The second-order valence-corrected chi connectivity index (χ2v) is 6.63. The lowest BCUT2D eigenvalue weighted by Gasteiger charge is -2.41. The van der Waals surface area contributed by atoms with Crippen molar-refractivity contribution in [2.45, 2.75) is 64.8 Å². The topological polar surface area (TPSA) is 38.7 Å². The van der Waals surface area contributed by atoms with Crippen molar-refractivity contribution in [1.82, 2.24) is 0 Å². The highest BCUT2D eigenvalue weighted by Gasteiger charge is 2.43. The Labute approximate surface area is 121 Å². The molecule has 0 aliphatic heterocycles. The first-order valence-corrected chi connectivity index (χ1v) is 7.40. The molecule has 1 N–H and O–H groups in total. The molecule has 3 nitrogen and oxygen atoms in total. The van der Waals surface area contributed by atoms with E-state index in [-0.39, 0.29) is 17.6 Å². The van der Waals surface area contributed by atoms with Crippen LogP contribution in [0.2, 0.25) is 0 Å². The first-order valence-electron chi connectivity index (χ1n) is 7.40. The van der Waals surface area contributed by atoms with Gasteiger partial charge in [0.05, 0.1) is 6.10 Å². The number of rotatable bonds is 4. The first kappa shape index (κ1) is 15.3. The lowest BCUT2D eigenvalue weighted by atomic mass is 9.84. The van der Waals surface area contributed by atoms with Crippen molar-refractivity contribution >= 4 is 0 Å². The minimum Gasteiger partial charge on any atom is -0.487 e. The molecular weight excluding hydrogens is 252 g/mol. The van der Waals surface area contributed by atoms with Crippen molar-refractivity contribution in [3.05, 3.63) is 29.3 Å². The molecule has 0 radical (unpaired) electrons. The molecule has 1 aromatic rings. The van der Waals surface area contributed by atoms with Crippen LogP contribution in [-0.2, 0) is 10.2 Å². The zero-order valence-electron chi connectivity index (χ0n) is 13.1. The van der Waals surface area contributed by atoms with E-state index in [2.05, 4.69) is 39.8 Å². The first-order chi connectivity index (χ1) is 9.32. The van der Waals surface area contributed by atoms with E-state index in [4.69, 9.17) is 9.47 Å². The average Bonchev–Trinajstić information content (AvgIpc) is 2.36. The molecular formula is C17H26O3.